The van der Waals surface area contributed by atoms with Crippen LogP contribution >= 0.6 is 0 Å². The minimum atomic E-state index is -1.00. The van der Waals surface area contributed by atoms with Crippen LogP contribution in [0, 0.1) is 17.8 Å². The van der Waals surface area contributed by atoms with Gasteiger partial charge in [-0.1, -0.05) is 38.3 Å². The van der Waals surface area contributed by atoms with Crippen molar-refractivity contribution in [2.24, 2.45) is 17.8 Å². The molecule has 202 valence electrons. The number of methoxy groups -OCH3 is 1. The Hall–Kier alpha value is -2.16. The third-order valence-corrected chi connectivity index (χ3v) is 7.58. The summed E-state index contributed by atoms with van der Waals surface area (Å²) in [5, 5.41) is 19.6. The molecule has 1 aromatic rings. The number of carboxylic acid groups (broad SMARTS) is 1. The monoisotopic (exact) mass is 506 g/mol. The molecule has 1 aromatic carbocycles. The summed E-state index contributed by atoms with van der Waals surface area (Å²) in [6.07, 6.45) is 7.37. The number of aliphatic carboxylic acids is 1. The summed E-state index contributed by atoms with van der Waals surface area (Å²) in [6, 6.07) is 5.82. The molecule has 1 saturated carbocycles. The molecule has 0 bridgehead atoms. The quantitative estimate of drug-likeness (QED) is 0.257. The smallest absolute Gasteiger partial charge is 0.341 e. The third-order valence-electron chi connectivity index (χ3n) is 7.58. The molecular weight excluding hydrogens is 464 g/mol. The molecule has 0 heterocycles. The Labute approximate surface area is 214 Å². The van der Waals surface area contributed by atoms with Crippen molar-refractivity contribution in [3.63, 3.8) is 0 Å². The zero-order valence-corrected chi connectivity index (χ0v) is 21.7. The molecule has 0 radical (unpaired) electrons. The predicted octanol–water partition coefficient (Wildman–Crippen LogP) is 3.80. The summed E-state index contributed by atoms with van der Waals surface area (Å²) in [7, 11) is 1.58. The fourth-order valence-electron chi connectivity index (χ4n) is 5.85. The second kappa shape index (κ2) is 14.5. The minimum absolute atomic E-state index is 0.102. The molecule has 1 fully saturated rings. The molecule has 0 unspecified atom stereocenters. The van der Waals surface area contributed by atoms with Crippen LogP contribution < -0.4 is 4.74 Å². The second-order valence-corrected chi connectivity index (χ2v) is 10.1. The highest BCUT2D eigenvalue weighted by Gasteiger charge is 2.47. The van der Waals surface area contributed by atoms with Crippen molar-refractivity contribution in [1.29, 1.82) is 0 Å². The van der Waals surface area contributed by atoms with E-state index in [4.69, 9.17) is 24.1 Å². The van der Waals surface area contributed by atoms with Crippen LogP contribution in [0.25, 0.3) is 0 Å². The van der Waals surface area contributed by atoms with Crippen LogP contribution in [0.2, 0.25) is 0 Å². The maximum Gasteiger partial charge on any atom is 0.341 e. The van der Waals surface area contributed by atoms with E-state index in [-0.39, 0.29) is 37.3 Å². The highest BCUT2D eigenvalue weighted by atomic mass is 16.6. The zero-order valence-electron chi connectivity index (χ0n) is 21.7. The topological polar surface area (TPSA) is 112 Å². The van der Waals surface area contributed by atoms with Crippen LogP contribution in [0.4, 0.5) is 0 Å². The van der Waals surface area contributed by atoms with Gasteiger partial charge < -0.3 is 29.2 Å². The van der Waals surface area contributed by atoms with E-state index < -0.39 is 5.97 Å². The van der Waals surface area contributed by atoms with Gasteiger partial charge in [-0.05, 0) is 73.5 Å². The molecule has 0 aliphatic heterocycles. The standard InChI is InChI=1S/C28H42O8/c1-3-4-5-8-21(29)10-11-22-23-14-19-7-6-9-25(35-17-27(30)31)24(19)15-20(23)16-26(22)36-28(32)18-34-13-12-33-2/h6-7,9,20-23,26,29H,3-5,8,10-18H2,1-2H3,(H,30,31)/t20-,21-,22+,23-,26+/m0/s1. The number of esters is 1. The molecule has 5 atom stereocenters. The molecule has 3 rings (SSSR count). The number of carbonyl (C=O) groups excluding carboxylic acids is 1. The first-order valence-corrected chi connectivity index (χ1v) is 13.3. The third kappa shape index (κ3) is 8.18. The molecule has 8 heteroatoms. The molecule has 8 nitrogen and oxygen atoms in total. The first kappa shape index (κ1) is 28.4. The van der Waals surface area contributed by atoms with Gasteiger partial charge in [0, 0.05) is 7.11 Å². The van der Waals surface area contributed by atoms with Gasteiger partial charge in [0.2, 0.25) is 0 Å². The number of carbonyl (C=O) groups is 2. The Balaban J connectivity index is 1.69. The van der Waals surface area contributed by atoms with E-state index in [9.17, 15) is 14.7 Å². The maximum atomic E-state index is 12.5. The van der Waals surface area contributed by atoms with E-state index in [1.54, 1.807) is 7.11 Å². The van der Waals surface area contributed by atoms with Crippen molar-refractivity contribution in [3.05, 3.63) is 29.3 Å². The van der Waals surface area contributed by atoms with Crippen LogP contribution in [-0.2, 0) is 36.6 Å². The highest BCUT2D eigenvalue weighted by molar-refractivity contribution is 5.71. The fourth-order valence-corrected chi connectivity index (χ4v) is 5.85. The number of aliphatic hydroxyl groups excluding tert-OH is 1. The van der Waals surface area contributed by atoms with Gasteiger partial charge >= 0.3 is 11.9 Å². The van der Waals surface area contributed by atoms with Crippen molar-refractivity contribution < 1.29 is 38.7 Å². The number of rotatable bonds is 16. The number of ether oxygens (including phenoxy) is 4. The van der Waals surface area contributed by atoms with Gasteiger partial charge in [-0.15, -0.1) is 0 Å². The van der Waals surface area contributed by atoms with Crippen molar-refractivity contribution in [3.8, 4) is 5.75 Å². The van der Waals surface area contributed by atoms with Gasteiger partial charge in [-0.25, -0.2) is 9.59 Å². The normalized spacial score (nSPS) is 23.5. The lowest BCUT2D eigenvalue weighted by molar-refractivity contribution is -0.157. The molecule has 0 amide bonds. The number of carboxylic acids is 1. The van der Waals surface area contributed by atoms with Crippen LogP contribution in [0.1, 0.15) is 63.0 Å². The summed E-state index contributed by atoms with van der Waals surface area (Å²) in [4.78, 5) is 23.6. The number of hydrogen-bond donors (Lipinski definition) is 2. The van der Waals surface area contributed by atoms with Crippen molar-refractivity contribution in [1.82, 2.24) is 0 Å². The van der Waals surface area contributed by atoms with Crippen molar-refractivity contribution in [2.75, 3.05) is 33.5 Å². The molecule has 36 heavy (non-hydrogen) atoms. The van der Waals surface area contributed by atoms with Crippen LogP contribution in [0.3, 0.4) is 0 Å². The van der Waals surface area contributed by atoms with Crippen LogP contribution in [0.15, 0.2) is 18.2 Å². The van der Waals surface area contributed by atoms with Gasteiger partial charge in [0.25, 0.3) is 0 Å². The summed E-state index contributed by atoms with van der Waals surface area (Å²) >= 11 is 0. The largest absolute Gasteiger partial charge is 0.482 e. The minimum Gasteiger partial charge on any atom is -0.482 e. The molecule has 0 saturated heterocycles. The van der Waals surface area contributed by atoms with E-state index in [2.05, 4.69) is 13.0 Å². The average Bonchev–Trinajstić information content (AvgIpc) is 3.18. The second-order valence-electron chi connectivity index (χ2n) is 10.1. The Bertz CT molecular complexity index is 841. The first-order valence-electron chi connectivity index (χ1n) is 13.3. The predicted molar refractivity (Wildman–Crippen MR) is 134 cm³/mol. The van der Waals surface area contributed by atoms with E-state index in [1.807, 2.05) is 12.1 Å². The summed E-state index contributed by atoms with van der Waals surface area (Å²) in [6.45, 7) is 2.44. The van der Waals surface area contributed by atoms with E-state index in [1.165, 1.54) is 5.56 Å². The number of fused-ring (bicyclic) bond motifs is 2. The SMILES string of the molecule is CCCCC[C@H](O)CC[C@@H]1[C@H]2Cc3cccc(OCC(=O)O)c3C[C@H]2C[C@H]1OC(=O)COCCOC. The van der Waals surface area contributed by atoms with Gasteiger partial charge in [0.05, 0.1) is 19.3 Å². The number of aliphatic hydroxyl groups is 1. The summed E-state index contributed by atoms with van der Waals surface area (Å²) in [5.74, 6) is 0.0631. The number of benzene rings is 1. The Morgan fingerprint density at radius 1 is 1.11 bits per heavy atom. The lowest BCUT2D eigenvalue weighted by Gasteiger charge is -2.32. The number of unbranched alkanes of at least 4 members (excludes halogenated alkanes) is 2. The molecule has 2 aliphatic rings. The van der Waals surface area contributed by atoms with Gasteiger partial charge in [-0.3, -0.25) is 0 Å². The molecule has 0 spiro atoms. The van der Waals surface area contributed by atoms with Crippen LogP contribution in [0.5, 0.6) is 5.75 Å². The number of hydrogen-bond acceptors (Lipinski definition) is 7. The molecular formula is C28H42O8. The van der Waals surface area contributed by atoms with Crippen molar-refractivity contribution >= 4 is 11.9 Å². The molecule has 2 aliphatic carbocycles. The highest BCUT2D eigenvalue weighted by Crippen LogP contribution is 2.49. The summed E-state index contributed by atoms with van der Waals surface area (Å²) in [5.41, 5.74) is 2.23. The lowest BCUT2D eigenvalue weighted by Crippen LogP contribution is -2.30. The van der Waals surface area contributed by atoms with Gasteiger partial charge in [-0.2, -0.15) is 0 Å². The Morgan fingerprint density at radius 2 is 1.94 bits per heavy atom. The summed E-state index contributed by atoms with van der Waals surface area (Å²) < 4.78 is 21.8. The van der Waals surface area contributed by atoms with E-state index in [0.717, 1.165) is 56.9 Å². The van der Waals surface area contributed by atoms with Gasteiger partial charge in [0.15, 0.2) is 6.61 Å². The lowest BCUT2D eigenvalue weighted by atomic mass is 9.73. The first-order chi connectivity index (χ1) is 17.4. The Morgan fingerprint density at radius 3 is 2.69 bits per heavy atom. The molecule has 2 N–H and O–H groups in total. The van der Waals surface area contributed by atoms with Crippen molar-refractivity contribution in [2.45, 2.75) is 76.9 Å². The van der Waals surface area contributed by atoms with Crippen LogP contribution in [-0.4, -0.2) is 67.9 Å². The average molecular weight is 507 g/mol. The maximum absolute atomic E-state index is 12.5. The van der Waals surface area contributed by atoms with Gasteiger partial charge in [0.1, 0.15) is 18.5 Å². The van der Waals surface area contributed by atoms with E-state index >= 15 is 0 Å². The fraction of sp³-hybridized carbons (Fsp3) is 0.714. The molecule has 0 aromatic heterocycles. The van der Waals surface area contributed by atoms with E-state index in [0.29, 0.717) is 37.2 Å². The zero-order chi connectivity index (χ0) is 25.9. The Kier molecular flexibility index (Phi) is 11.5.